The van der Waals surface area contributed by atoms with Crippen LogP contribution in [0.4, 0.5) is 5.69 Å². The van der Waals surface area contributed by atoms with Crippen molar-refractivity contribution in [1.29, 1.82) is 0 Å². The highest BCUT2D eigenvalue weighted by Gasteiger charge is 2.54. The van der Waals surface area contributed by atoms with Gasteiger partial charge in [-0.15, -0.1) is 0 Å². The van der Waals surface area contributed by atoms with Gasteiger partial charge in [0.2, 0.25) is 0 Å². The van der Waals surface area contributed by atoms with Crippen LogP contribution >= 0.6 is 0 Å². The Bertz CT molecular complexity index is 3230. The fraction of sp³-hybridized carbons (Fsp3) is 0.0612. The van der Waals surface area contributed by atoms with Crippen LogP contribution in [0.5, 0.6) is 0 Å². The molecule has 0 amide bonds. The lowest BCUT2D eigenvalue weighted by atomic mass is 9.69. The summed E-state index contributed by atoms with van der Waals surface area (Å²) in [4.78, 5) is 0. The van der Waals surface area contributed by atoms with E-state index in [1.807, 2.05) is 6.07 Å². The van der Waals surface area contributed by atoms with Crippen LogP contribution in [0.25, 0.3) is 88.0 Å². The maximum atomic E-state index is 7.12. The van der Waals surface area contributed by atoms with Crippen molar-refractivity contribution in [3.05, 3.63) is 173 Å². The second-order valence-electron chi connectivity index (χ2n) is 14.7. The van der Waals surface area contributed by atoms with E-state index in [1.54, 1.807) is 0 Å². The van der Waals surface area contributed by atoms with E-state index in [0.29, 0.717) is 0 Å². The lowest BCUT2D eigenvalue weighted by Gasteiger charge is -2.31. The fourth-order valence-electron chi connectivity index (χ4n) is 10.3. The highest BCUT2D eigenvalue weighted by molar-refractivity contribution is 6.22. The van der Waals surface area contributed by atoms with E-state index in [9.17, 15) is 0 Å². The van der Waals surface area contributed by atoms with Gasteiger partial charge in [-0.25, -0.2) is 0 Å². The van der Waals surface area contributed by atoms with Gasteiger partial charge in [-0.05, 0) is 109 Å². The second kappa shape index (κ2) is 9.39. The summed E-state index contributed by atoms with van der Waals surface area (Å²) in [6.07, 6.45) is 1.02. The summed E-state index contributed by atoms with van der Waals surface area (Å²) in [5.74, 6) is 0. The Labute approximate surface area is 298 Å². The zero-order valence-electron chi connectivity index (χ0n) is 28.1. The van der Waals surface area contributed by atoms with Crippen LogP contribution in [-0.2, 0) is 11.8 Å². The third-order valence-electron chi connectivity index (χ3n) is 12.3. The van der Waals surface area contributed by atoms with Gasteiger partial charge in [0.15, 0.2) is 0 Å². The van der Waals surface area contributed by atoms with Gasteiger partial charge >= 0.3 is 0 Å². The molecule has 3 heteroatoms. The van der Waals surface area contributed by atoms with Gasteiger partial charge in [-0.1, -0.05) is 109 Å². The molecule has 242 valence electrons. The predicted octanol–water partition coefficient (Wildman–Crippen LogP) is 12.6. The summed E-state index contributed by atoms with van der Waals surface area (Å²) in [5, 5.41) is 10.7. The zero-order valence-corrected chi connectivity index (χ0v) is 28.1. The first-order valence-electron chi connectivity index (χ1n) is 18.2. The van der Waals surface area contributed by atoms with Crippen LogP contribution in [0.2, 0.25) is 0 Å². The summed E-state index contributed by atoms with van der Waals surface area (Å²) in [6.45, 7) is 0.965. The molecular weight excluding hydrogens is 635 g/mol. The van der Waals surface area contributed by atoms with Gasteiger partial charge in [0.25, 0.3) is 0 Å². The van der Waals surface area contributed by atoms with Gasteiger partial charge in [0, 0.05) is 39.3 Å². The number of hydrogen-bond acceptors (Lipinski definition) is 3. The molecule has 52 heavy (non-hydrogen) atoms. The van der Waals surface area contributed by atoms with Crippen molar-refractivity contribution >= 4 is 60.3 Å². The number of rotatable bonds is 1. The molecule has 2 aromatic heterocycles. The summed E-state index contributed by atoms with van der Waals surface area (Å²) < 4.78 is 13.6. The first kappa shape index (κ1) is 27.2. The average Bonchev–Trinajstić information content (AvgIpc) is 4.01. The fourth-order valence-corrected chi connectivity index (χ4v) is 10.3. The molecule has 13 rings (SSSR count). The van der Waals surface area contributed by atoms with Crippen molar-refractivity contribution in [2.45, 2.75) is 11.8 Å². The van der Waals surface area contributed by atoms with E-state index in [4.69, 9.17) is 8.83 Å². The largest absolute Gasteiger partial charge is 0.456 e. The third kappa shape index (κ3) is 3.11. The van der Waals surface area contributed by atoms with Crippen molar-refractivity contribution in [3.63, 3.8) is 0 Å². The van der Waals surface area contributed by atoms with Gasteiger partial charge in [0.05, 0.1) is 5.41 Å². The monoisotopic (exact) mass is 663 g/mol. The van der Waals surface area contributed by atoms with Crippen LogP contribution < -0.4 is 5.32 Å². The maximum Gasteiger partial charge on any atom is 0.144 e. The Morgan fingerprint density at radius 2 is 1.21 bits per heavy atom. The molecule has 1 atom stereocenters. The summed E-state index contributed by atoms with van der Waals surface area (Å²) in [5.41, 5.74) is 18.6. The molecule has 0 bridgehead atoms. The Kier molecular flexibility index (Phi) is 4.91. The van der Waals surface area contributed by atoms with Crippen molar-refractivity contribution in [1.82, 2.24) is 0 Å². The molecule has 3 heterocycles. The highest BCUT2D eigenvalue weighted by Crippen LogP contribution is 2.67. The Morgan fingerprint density at radius 1 is 0.481 bits per heavy atom. The molecule has 1 N–H and O–H groups in total. The molecule has 1 aliphatic heterocycles. The Morgan fingerprint density at radius 3 is 2.13 bits per heavy atom. The lowest BCUT2D eigenvalue weighted by Crippen LogP contribution is -2.26. The number of furan rings is 2. The molecule has 2 aliphatic carbocycles. The van der Waals surface area contributed by atoms with Gasteiger partial charge in [-0.3, -0.25) is 0 Å². The molecule has 0 radical (unpaired) electrons. The van der Waals surface area contributed by atoms with Crippen LogP contribution in [0.1, 0.15) is 27.8 Å². The molecule has 8 aromatic carbocycles. The average molecular weight is 664 g/mol. The van der Waals surface area contributed by atoms with Crippen LogP contribution in [0, 0.1) is 0 Å². The molecule has 1 spiro atoms. The van der Waals surface area contributed by atoms with Crippen LogP contribution in [0.15, 0.2) is 154 Å². The van der Waals surface area contributed by atoms with Crippen LogP contribution in [-0.4, -0.2) is 6.54 Å². The summed E-state index contributed by atoms with van der Waals surface area (Å²) in [6, 6.07) is 53.5. The van der Waals surface area contributed by atoms with Crippen LogP contribution in [0.3, 0.4) is 0 Å². The Hall–Kier alpha value is -6.58. The van der Waals surface area contributed by atoms with Gasteiger partial charge < -0.3 is 14.2 Å². The SMILES string of the molecule is c1ccc2c(c1)-c1c(ccc3c1CCN3)C21c2ccc3ccccc3c2-c2c1cc(-c1ccc3c(c1)oc1ccccc13)c1c2oc2ccccc21. The smallest absolute Gasteiger partial charge is 0.144 e. The standard InChI is InChI=1S/C49H29NO2/c1-2-10-29-27(9-1)18-20-38-46(29)47-39(49(38)36-14-6-3-12-32(36)44-33-23-24-50-40(33)22-21-37(44)49)26-35(45-34-13-5-8-16-42(34)52-48(45)47)28-17-19-31-30-11-4-7-15-41(30)51-43(31)25-28/h1-22,25-26,50H,23-24H2. The number of fused-ring (bicyclic) bond motifs is 21. The maximum absolute atomic E-state index is 7.12. The summed E-state index contributed by atoms with van der Waals surface area (Å²) in [7, 11) is 0. The predicted molar refractivity (Wildman–Crippen MR) is 212 cm³/mol. The third-order valence-corrected chi connectivity index (χ3v) is 12.3. The molecule has 10 aromatic rings. The van der Waals surface area contributed by atoms with E-state index in [-0.39, 0.29) is 0 Å². The number of para-hydroxylation sites is 2. The van der Waals surface area contributed by atoms with E-state index < -0.39 is 5.41 Å². The van der Waals surface area contributed by atoms with E-state index in [1.165, 1.54) is 66.5 Å². The molecule has 1 unspecified atom stereocenters. The molecular formula is C49H29NO2. The molecule has 0 saturated carbocycles. The highest BCUT2D eigenvalue weighted by atomic mass is 16.3. The van der Waals surface area contributed by atoms with E-state index in [2.05, 4.69) is 145 Å². The zero-order chi connectivity index (χ0) is 33.7. The normalized spacial score (nSPS) is 16.5. The number of anilines is 1. The van der Waals surface area contributed by atoms with Crippen molar-refractivity contribution in [2.24, 2.45) is 0 Å². The second-order valence-corrected chi connectivity index (χ2v) is 14.7. The summed E-state index contributed by atoms with van der Waals surface area (Å²) >= 11 is 0. The van der Waals surface area contributed by atoms with Crippen molar-refractivity contribution < 1.29 is 8.83 Å². The topological polar surface area (TPSA) is 38.3 Å². The first-order chi connectivity index (χ1) is 25.8. The molecule has 0 fully saturated rings. The minimum Gasteiger partial charge on any atom is -0.456 e. The number of nitrogens with one attached hydrogen (secondary N) is 1. The first-order valence-corrected chi connectivity index (χ1v) is 18.2. The van der Waals surface area contributed by atoms with E-state index >= 15 is 0 Å². The molecule has 3 aliphatic rings. The number of hydrogen-bond donors (Lipinski definition) is 1. The lowest BCUT2D eigenvalue weighted by molar-refractivity contribution is 0.668. The van der Waals surface area contributed by atoms with Gasteiger partial charge in [0.1, 0.15) is 22.3 Å². The molecule has 0 saturated heterocycles. The number of benzene rings is 8. The van der Waals surface area contributed by atoms with Crippen molar-refractivity contribution in [2.75, 3.05) is 11.9 Å². The Balaban J connectivity index is 1.25. The van der Waals surface area contributed by atoms with Crippen molar-refractivity contribution in [3.8, 4) is 33.4 Å². The van der Waals surface area contributed by atoms with Gasteiger partial charge in [-0.2, -0.15) is 0 Å². The minimum absolute atomic E-state index is 0.524. The van der Waals surface area contributed by atoms with E-state index in [0.717, 1.165) is 68.0 Å². The minimum atomic E-state index is -0.524. The quantitative estimate of drug-likeness (QED) is 0.190. The molecule has 3 nitrogen and oxygen atoms in total.